The third kappa shape index (κ3) is 6.51. The SMILES string of the molecule is COc1ccc(OC)c(NC(N)=NCC2CC(=O)N(CCc3ccccc3)C2)c1.I. The molecule has 1 saturated heterocycles. The molecule has 3 N–H and O–H groups in total. The zero-order valence-electron chi connectivity index (χ0n) is 17.3. The van der Waals surface area contributed by atoms with Gasteiger partial charge in [0.25, 0.3) is 0 Å². The highest BCUT2D eigenvalue weighted by Crippen LogP contribution is 2.28. The smallest absolute Gasteiger partial charge is 0.223 e. The van der Waals surface area contributed by atoms with Gasteiger partial charge in [0.05, 0.1) is 19.9 Å². The number of anilines is 1. The fourth-order valence-electron chi connectivity index (χ4n) is 3.42. The van der Waals surface area contributed by atoms with Gasteiger partial charge in [0.2, 0.25) is 5.91 Å². The number of methoxy groups -OCH3 is 2. The van der Waals surface area contributed by atoms with Crippen LogP contribution in [0.2, 0.25) is 0 Å². The van der Waals surface area contributed by atoms with E-state index >= 15 is 0 Å². The summed E-state index contributed by atoms with van der Waals surface area (Å²) in [5.74, 6) is 1.98. The van der Waals surface area contributed by atoms with Crippen LogP contribution in [0.4, 0.5) is 5.69 Å². The largest absolute Gasteiger partial charge is 0.497 e. The number of carbonyl (C=O) groups excluding carboxylic acids is 1. The summed E-state index contributed by atoms with van der Waals surface area (Å²) in [6, 6.07) is 15.6. The molecule has 0 bridgehead atoms. The van der Waals surface area contributed by atoms with Crippen molar-refractivity contribution in [1.29, 1.82) is 0 Å². The van der Waals surface area contributed by atoms with Gasteiger partial charge in [0, 0.05) is 38.0 Å². The Morgan fingerprint density at radius 2 is 1.97 bits per heavy atom. The molecule has 3 rings (SSSR count). The number of nitrogens with one attached hydrogen (secondary N) is 1. The van der Waals surface area contributed by atoms with Crippen molar-refractivity contribution >= 4 is 41.5 Å². The molecule has 1 heterocycles. The average Bonchev–Trinajstić information content (AvgIpc) is 3.11. The predicted octanol–water partition coefficient (Wildman–Crippen LogP) is 3.14. The second-order valence-corrected chi connectivity index (χ2v) is 7.06. The lowest BCUT2D eigenvalue weighted by molar-refractivity contribution is -0.127. The van der Waals surface area contributed by atoms with E-state index in [4.69, 9.17) is 15.2 Å². The Kier molecular flexibility index (Phi) is 9.22. The van der Waals surface area contributed by atoms with Crippen LogP contribution in [0.1, 0.15) is 12.0 Å². The number of halogens is 1. The molecule has 30 heavy (non-hydrogen) atoms. The number of likely N-dealkylation sites (tertiary alicyclic amines) is 1. The zero-order chi connectivity index (χ0) is 20.6. The number of aliphatic imine (C=N–C) groups is 1. The molecule has 1 aliphatic rings. The molecule has 0 aliphatic carbocycles. The van der Waals surface area contributed by atoms with Crippen LogP contribution >= 0.6 is 24.0 Å². The van der Waals surface area contributed by atoms with Crippen LogP contribution in [0.15, 0.2) is 53.5 Å². The first kappa shape index (κ1) is 23.8. The van der Waals surface area contributed by atoms with Crippen molar-refractivity contribution in [3.8, 4) is 11.5 Å². The Labute approximate surface area is 194 Å². The number of rotatable bonds is 8. The maximum absolute atomic E-state index is 12.3. The molecule has 1 unspecified atom stereocenters. The molecule has 0 spiro atoms. The van der Waals surface area contributed by atoms with E-state index in [9.17, 15) is 4.79 Å². The number of guanidine groups is 1. The Balaban J connectivity index is 0.00000320. The van der Waals surface area contributed by atoms with Crippen molar-refractivity contribution in [3.63, 3.8) is 0 Å². The number of ether oxygens (including phenoxy) is 2. The van der Waals surface area contributed by atoms with E-state index in [1.165, 1.54) is 5.56 Å². The van der Waals surface area contributed by atoms with E-state index in [1.807, 2.05) is 29.2 Å². The Bertz CT molecular complexity index is 861. The fraction of sp³-hybridized carbons (Fsp3) is 0.364. The highest BCUT2D eigenvalue weighted by molar-refractivity contribution is 14.0. The molecular weight excluding hydrogens is 495 g/mol. The maximum Gasteiger partial charge on any atom is 0.223 e. The first-order valence-corrected chi connectivity index (χ1v) is 9.69. The van der Waals surface area contributed by atoms with E-state index in [1.54, 1.807) is 26.4 Å². The number of nitrogens with two attached hydrogens (primary N) is 1. The van der Waals surface area contributed by atoms with E-state index in [2.05, 4.69) is 22.4 Å². The topological polar surface area (TPSA) is 89.2 Å². The first-order chi connectivity index (χ1) is 14.1. The Hall–Kier alpha value is -2.49. The van der Waals surface area contributed by atoms with Gasteiger partial charge in [-0.3, -0.25) is 9.79 Å². The number of benzene rings is 2. The monoisotopic (exact) mass is 524 g/mol. The lowest BCUT2D eigenvalue weighted by atomic mass is 10.1. The second kappa shape index (κ2) is 11.6. The number of hydrogen-bond acceptors (Lipinski definition) is 4. The van der Waals surface area contributed by atoms with Crippen LogP contribution in [-0.4, -0.2) is 50.6 Å². The highest BCUT2D eigenvalue weighted by Gasteiger charge is 2.28. The van der Waals surface area contributed by atoms with E-state index in [0.29, 0.717) is 36.7 Å². The van der Waals surface area contributed by atoms with Gasteiger partial charge in [-0.2, -0.15) is 0 Å². The van der Waals surface area contributed by atoms with Crippen LogP contribution in [0.5, 0.6) is 11.5 Å². The Morgan fingerprint density at radius 3 is 2.67 bits per heavy atom. The minimum atomic E-state index is 0. The van der Waals surface area contributed by atoms with Crippen LogP contribution in [0.3, 0.4) is 0 Å². The number of carbonyl (C=O) groups is 1. The second-order valence-electron chi connectivity index (χ2n) is 7.06. The zero-order valence-corrected chi connectivity index (χ0v) is 19.7. The number of amides is 1. The third-order valence-electron chi connectivity index (χ3n) is 5.00. The van der Waals surface area contributed by atoms with Crippen molar-refractivity contribution < 1.29 is 14.3 Å². The third-order valence-corrected chi connectivity index (χ3v) is 5.00. The molecule has 162 valence electrons. The fourth-order valence-corrected chi connectivity index (χ4v) is 3.42. The van der Waals surface area contributed by atoms with Gasteiger partial charge in [-0.15, -0.1) is 24.0 Å². The molecule has 1 atom stereocenters. The molecule has 2 aromatic rings. The molecule has 0 radical (unpaired) electrons. The summed E-state index contributed by atoms with van der Waals surface area (Å²) >= 11 is 0. The first-order valence-electron chi connectivity index (χ1n) is 9.69. The molecule has 8 heteroatoms. The number of nitrogens with zero attached hydrogens (tertiary/aromatic N) is 2. The van der Waals surface area contributed by atoms with Gasteiger partial charge >= 0.3 is 0 Å². The summed E-state index contributed by atoms with van der Waals surface area (Å²) in [5.41, 5.74) is 7.97. The summed E-state index contributed by atoms with van der Waals surface area (Å²) < 4.78 is 10.6. The van der Waals surface area contributed by atoms with Crippen molar-refractivity contribution in [2.45, 2.75) is 12.8 Å². The summed E-state index contributed by atoms with van der Waals surface area (Å²) in [6.07, 6.45) is 1.37. The van der Waals surface area contributed by atoms with Crippen molar-refractivity contribution in [2.75, 3.05) is 39.2 Å². The summed E-state index contributed by atoms with van der Waals surface area (Å²) in [5, 5.41) is 3.05. The minimum Gasteiger partial charge on any atom is -0.497 e. The quantitative estimate of drug-likeness (QED) is 0.315. The molecule has 1 fully saturated rings. The van der Waals surface area contributed by atoms with Gasteiger partial charge in [-0.05, 0) is 24.1 Å². The average molecular weight is 524 g/mol. The van der Waals surface area contributed by atoms with Crippen LogP contribution in [0.25, 0.3) is 0 Å². The summed E-state index contributed by atoms with van der Waals surface area (Å²) in [4.78, 5) is 18.6. The van der Waals surface area contributed by atoms with Gasteiger partial charge in [-0.1, -0.05) is 30.3 Å². The number of hydrogen-bond donors (Lipinski definition) is 2. The predicted molar refractivity (Wildman–Crippen MR) is 130 cm³/mol. The lowest BCUT2D eigenvalue weighted by Gasteiger charge is -2.16. The molecule has 1 amide bonds. The summed E-state index contributed by atoms with van der Waals surface area (Å²) in [7, 11) is 3.19. The maximum atomic E-state index is 12.3. The van der Waals surface area contributed by atoms with Crippen molar-refractivity contribution in [2.24, 2.45) is 16.6 Å². The van der Waals surface area contributed by atoms with Crippen molar-refractivity contribution in [3.05, 3.63) is 54.1 Å². The molecule has 0 aromatic heterocycles. The Morgan fingerprint density at radius 1 is 1.20 bits per heavy atom. The van der Waals surface area contributed by atoms with E-state index < -0.39 is 0 Å². The molecule has 1 aliphatic heterocycles. The lowest BCUT2D eigenvalue weighted by Crippen LogP contribution is -2.28. The minimum absolute atomic E-state index is 0. The van der Waals surface area contributed by atoms with E-state index in [0.717, 1.165) is 13.0 Å². The van der Waals surface area contributed by atoms with Crippen LogP contribution in [-0.2, 0) is 11.2 Å². The van der Waals surface area contributed by atoms with Gasteiger partial charge in [0.15, 0.2) is 5.96 Å². The normalized spacial score (nSPS) is 16.2. The van der Waals surface area contributed by atoms with Crippen molar-refractivity contribution in [1.82, 2.24) is 4.90 Å². The molecule has 0 saturated carbocycles. The van der Waals surface area contributed by atoms with Gasteiger partial charge in [-0.25, -0.2) is 0 Å². The standard InChI is InChI=1S/C22H28N4O3.HI/c1-28-18-8-9-20(29-2)19(13-18)25-22(23)24-14-17-12-21(27)26(15-17)11-10-16-6-4-3-5-7-16;/h3-9,13,17H,10-12,14-15H2,1-2H3,(H3,23,24,25);1H. The van der Waals surface area contributed by atoms with Gasteiger partial charge in [0.1, 0.15) is 11.5 Å². The summed E-state index contributed by atoms with van der Waals surface area (Å²) in [6.45, 7) is 1.95. The van der Waals surface area contributed by atoms with Gasteiger partial charge < -0.3 is 25.4 Å². The highest BCUT2D eigenvalue weighted by atomic mass is 127. The van der Waals surface area contributed by atoms with E-state index in [-0.39, 0.29) is 41.8 Å². The van der Waals surface area contributed by atoms with Crippen LogP contribution < -0.4 is 20.5 Å². The molecule has 7 nitrogen and oxygen atoms in total. The van der Waals surface area contributed by atoms with Crippen LogP contribution in [0, 0.1) is 5.92 Å². The molecular formula is C22H29IN4O3. The molecule has 2 aromatic carbocycles.